The zero-order valence-corrected chi connectivity index (χ0v) is 23.3. The van der Waals surface area contributed by atoms with Gasteiger partial charge < -0.3 is 0 Å². The fraction of sp³-hybridized carbons (Fsp3) is 0. The molecular formula is C38H23N3S. The summed E-state index contributed by atoms with van der Waals surface area (Å²) in [6.45, 7) is 0. The van der Waals surface area contributed by atoms with Gasteiger partial charge in [0.25, 0.3) is 0 Å². The van der Waals surface area contributed by atoms with E-state index in [0.717, 1.165) is 27.9 Å². The smallest absolute Gasteiger partial charge is 0.169 e. The summed E-state index contributed by atoms with van der Waals surface area (Å²) in [4.78, 5) is 0. The molecule has 42 heavy (non-hydrogen) atoms. The van der Waals surface area contributed by atoms with Gasteiger partial charge >= 0.3 is 0 Å². The van der Waals surface area contributed by atoms with Gasteiger partial charge in [-0.1, -0.05) is 133 Å². The molecule has 0 aliphatic carbocycles. The van der Waals surface area contributed by atoms with E-state index in [-0.39, 0.29) is 0 Å². The van der Waals surface area contributed by atoms with Crippen LogP contribution in [0, 0.1) is 0 Å². The Morgan fingerprint density at radius 2 is 0.952 bits per heavy atom. The van der Waals surface area contributed by atoms with Crippen molar-refractivity contribution in [3.63, 3.8) is 0 Å². The summed E-state index contributed by atoms with van der Waals surface area (Å²) in [5.74, 6) is 0.853. The number of nitrogens with zero attached hydrogens (tertiary/aromatic N) is 3. The second kappa shape index (κ2) is 9.10. The molecule has 0 unspecified atom stereocenters. The minimum Gasteiger partial charge on any atom is -0.274 e. The maximum Gasteiger partial charge on any atom is 0.169 e. The molecule has 0 N–H and O–H groups in total. The molecule has 196 valence electrons. The Balaban J connectivity index is 1.20. The van der Waals surface area contributed by atoms with Gasteiger partial charge in [0.1, 0.15) is 0 Å². The van der Waals surface area contributed by atoms with Crippen LogP contribution >= 0.6 is 11.3 Å². The normalized spacial score (nSPS) is 11.8. The van der Waals surface area contributed by atoms with Gasteiger partial charge in [-0.2, -0.15) is 0 Å². The van der Waals surface area contributed by atoms with E-state index in [0.29, 0.717) is 0 Å². The number of hydrogen-bond acceptors (Lipinski definition) is 3. The topological polar surface area (TPSA) is 30.2 Å². The van der Waals surface area contributed by atoms with Crippen LogP contribution in [-0.2, 0) is 0 Å². The molecule has 9 rings (SSSR count). The second-order valence-corrected chi connectivity index (χ2v) is 11.7. The molecule has 0 spiro atoms. The first-order valence-corrected chi connectivity index (χ1v) is 14.9. The minimum absolute atomic E-state index is 0.853. The predicted molar refractivity (Wildman–Crippen MR) is 177 cm³/mol. The summed E-state index contributed by atoms with van der Waals surface area (Å²) in [6, 6.07) is 49.7. The van der Waals surface area contributed by atoms with Crippen molar-refractivity contribution in [3.05, 3.63) is 140 Å². The molecular weight excluding hydrogens is 531 g/mol. The minimum atomic E-state index is 0.853. The van der Waals surface area contributed by atoms with Gasteiger partial charge in [-0.25, -0.2) is 0 Å². The molecule has 0 bridgehead atoms. The molecule has 0 fully saturated rings. The van der Waals surface area contributed by atoms with Crippen molar-refractivity contribution >= 4 is 58.8 Å². The van der Waals surface area contributed by atoms with Crippen LogP contribution in [0.25, 0.3) is 81.1 Å². The lowest BCUT2D eigenvalue weighted by Crippen LogP contribution is -1.94. The van der Waals surface area contributed by atoms with Gasteiger partial charge in [0, 0.05) is 36.5 Å². The number of thiophene rings is 1. The van der Waals surface area contributed by atoms with Crippen molar-refractivity contribution < 1.29 is 0 Å². The first-order valence-electron chi connectivity index (χ1n) is 14.1. The predicted octanol–water partition coefficient (Wildman–Crippen LogP) is 10.4. The van der Waals surface area contributed by atoms with Gasteiger partial charge in [0.05, 0.1) is 5.52 Å². The zero-order valence-electron chi connectivity index (χ0n) is 22.5. The van der Waals surface area contributed by atoms with E-state index in [1.165, 1.54) is 53.2 Å². The maximum absolute atomic E-state index is 4.70. The maximum atomic E-state index is 4.70. The lowest BCUT2D eigenvalue weighted by atomic mass is 9.99. The van der Waals surface area contributed by atoms with Gasteiger partial charge in [-0.05, 0) is 33.7 Å². The van der Waals surface area contributed by atoms with Crippen LogP contribution in [0.1, 0.15) is 0 Å². The highest BCUT2D eigenvalue weighted by molar-refractivity contribution is 7.26. The Labute approximate surface area is 245 Å². The summed E-state index contributed by atoms with van der Waals surface area (Å²) in [6.07, 6.45) is 0. The van der Waals surface area contributed by atoms with Crippen LogP contribution in [-0.4, -0.2) is 14.6 Å². The van der Waals surface area contributed by atoms with Crippen molar-refractivity contribution in [2.75, 3.05) is 0 Å². The number of hydrogen-bond donors (Lipinski definition) is 0. The van der Waals surface area contributed by atoms with Crippen molar-refractivity contribution in [3.8, 4) is 33.6 Å². The molecule has 4 heteroatoms. The molecule has 0 atom stereocenters. The van der Waals surface area contributed by atoms with Crippen LogP contribution in [0.2, 0.25) is 0 Å². The first kappa shape index (κ1) is 23.4. The van der Waals surface area contributed by atoms with E-state index >= 15 is 0 Å². The molecule has 3 nitrogen and oxygen atoms in total. The monoisotopic (exact) mass is 553 g/mol. The second-order valence-electron chi connectivity index (χ2n) is 10.7. The van der Waals surface area contributed by atoms with Crippen LogP contribution in [0.5, 0.6) is 0 Å². The first-order chi connectivity index (χ1) is 20.8. The third-order valence-electron chi connectivity index (χ3n) is 8.33. The van der Waals surface area contributed by atoms with Crippen LogP contribution < -0.4 is 0 Å². The van der Waals surface area contributed by atoms with Crippen LogP contribution in [0.4, 0.5) is 0 Å². The molecule has 0 saturated heterocycles. The van der Waals surface area contributed by atoms with Crippen molar-refractivity contribution in [1.29, 1.82) is 0 Å². The Morgan fingerprint density at radius 3 is 1.67 bits per heavy atom. The molecule has 9 aromatic rings. The number of rotatable bonds is 3. The molecule has 6 aromatic carbocycles. The van der Waals surface area contributed by atoms with Gasteiger partial charge in [0.2, 0.25) is 0 Å². The Hall–Kier alpha value is -5.32. The van der Waals surface area contributed by atoms with Crippen LogP contribution in [0.3, 0.4) is 0 Å². The Morgan fingerprint density at radius 1 is 0.405 bits per heavy atom. The average molecular weight is 554 g/mol. The van der Waals surface area contributed by atoms with Gasteiger partial charge in [-0.15, -0.1) is 21.5 Å². The standard InChI is InChI=1S/C38H23N3S/c1-2-10-24(11-3-1)27-15-8-17-31-32-18-9-16-28(36(32)42-35(27)31)25-20-22-26(23-21-25)37-39-40-38-33-14-5-4-12-29(33)30-13-6-7-19-34(30)41(37)38/h1-23H. The Kier molecular flexibility index (Phi) is 5.07. The van der Waals surface area contributed by atoms with E-state index < -0.39 is 0 Å². The number of aromatic nitrogens is 3. The number of fused-ring (bicyclic) bond motifs is 9. The number of benzene rings is 6. The van der Waals surface area contributed by atoms with Crippen LogP contribution in [0.15, 0.2) is 140 Å². The summed E-state index contributed by atoms with van der Waals surface area (Å²) in [5, 5.41) is 15.5. The molecule has 0 amide bonds. The largest absolute Gasteiger partial charge is 0.274 e. The van der Waals surface area contributed by atoms with Gasteiger partial charge in [0.15, 0.2) is 11.5 Å². The summed E-state index contributed by atoms with van der Waals surface area (Å²) < 4.78 is 4.84. The average Bonchev–Trinajstić information content (AvgIpc) is 3.68. The van der Waals surface area contributed by atoms with Gasteiger partial charge in [-0.3, -0.25) is 4.40 Å². The van der Waals surface area contributed by atoms with E-state index in [1.807, 2.05) is 11.3 Å². The summed E-state index contributed by atoms with van der Waals surface area (Å²) in [5.41, 5.74) is 8.02. The highest BCUT2D eigenvalue weighted by Gasteiger charge is 2.17. The molecule has 0 aliphatic heterocycles. The molecule has 3 aromatic heterocycles. The molecule has 0 radical (unpaired) electrons. The Bertz CT molecular complexity index is 2450. The lowest BCUT2D eigenvalue weighted by Gasteiger charge is -2.10. The molecule has 0 aliphatic rings. The van der Waals surface area contributed by atoms with Crippen molar-refractivity contribution in [2.24, 2.45) is 0 Å². The fourth-order valence-corrected chi connectivity index (χ4v) is 7.75. The zero-order chi connectivity index (χ0) is 27.6. The fourth-order valence-electron chi connectivity index (χ4n) is 6.37. The lowest BCUT2D eigenvalue weighted by molar-refractivity contribution is 1.12. The highest BCUT2D eigenvalue weighted by Crippen LogP contribution is 2.44. The van der Waals surface area contributed by atoms with E-state index in [1.54, 1.807) is 0 Å². The third kappa shape index (κ3) is 3.39. The number of para-hydroxylation sites is 1. The van der Waals surface area contributed by atoms with E-state index in [9.17, 15) is 0 Å². The third-order valence-corrected chi connectivity index (χ3v) is 9.62. The van der Waals surface area contributed by atoms with E-state index in [2.05, 4.69) is 149 Å². The summed E-state index contributed by atoms with van der Waals surface area (Å²) in [7, 11) is 0. The van der Waals surface area contributed by atoms with E-state index in [4.69, 9.17) is 5.10 Å². The SMILES string of the molecule is c1ccc(-c2cccc3c2sc2c(-c4ccc(-c5nnc6c7ccccc7c7ccccc7n56)cc4)cccc23)cc1. The summed E-state index contributed by atoms with van der Waals surface area (Å²) >= 11 is 1.88. The molecule has 0 saturated carbocycles. The quantitative estimate of drug-likeness (QED) is 0.204. The van der Waals surface area contributed by atoms with Crippen molar-refractivity contribution in [2.45, 2.75) is 0 Å². The highest BCUT2D eigenvalue weighted by atomic mass is 32.1. The number of pyridine rings is 1. The van der Waals surface area contributed by atoms with Crippen molar-refractivity contribution in [1.82, 2.24) is 14.6 Å². The molecule has 3 heterocycles.